The third-order valence-electron chi connectivity index (χ3n) is 6.62. The minimum absolute atomic E-state index is 0.0134. The highest BCUT2D eigenvalue weighted by atomic mass is 35.5. The minimum atomic E-state index is -2.14. The molecule has 3 heterocycles. The molecule has 0 amide bonds. The van der Waals surface area contributed by atoms with Crippen molar-refractivity contribution in [3.63, 3.8) is 0 Å². The number of ketones is 2. The van der Waals surface area contributed by atoms with Gasteiger partial charge in [-0.2, -0.15) is 0 Å². The van der Waals surface area contributed by atoms with Crippen LogP contribution in [0.1, 0.15) is 29.9 Å². The van der Waals surface area contributed by atoms with Gasteiger partial charge in [-0.05, 0) is 17.7 Å². The summed E-state index contributed by atoms with van der Waals surface area (Å²) < 4.78 is 9.08. The summed E-state index contributed by atoms with van der Waals surface area (Å²) in [4.78, 5) is 48.0. The summed E-state index contributed by atoms with van der Waals surface area (Å²) in [5.41, 5.74) is -0.719. The quantitative estimate of drug-likeness (QED) is 0.464. The second-order valence-electron chi connectivity index (χ2n) is 8.17. The van der Waals surface area contributed by atoms with E-state index in [1.807, 2.05) is 0 Å². The Labute approximate surface area is 205 Å². The van der Waals surface area contributed by atoms with Crippen LogP contribution in [-0.4, -0.2) is 40.4 Å². The molecular formula is C20H15Cl4N3O6. The van der Waals surface area contributed by atoms with Gasteiger partial charge in [-0.25, -0.2) is 23.5 Å². The Balaban J connectivity index is 1.84. The molecule has 1 aliphatic heterocycles. The van der Waals surface area contributed by atoms with E-state index in [-0.39, 0.29) is 24.5 Å². The maximum atomic E-state index is 13.5. The van der Waals surface area contributed by atoms with Crippen molar-refractivity contribution >= 4 is 58.0 Å². The summed E-state index contributed by atoms with van der Waals surface area (Å²) in [6, 6.07) is 2.08. The predicted molar refractivity (Wildman–Crippen MR) is 119 cm³/mol. The number of nitrogens with zero attached hydrogens (tertiary/aromatic N) is 3. The van der Waals surface area contributed by atoms with Crippen LogP contribution in [0.2, 0.25) is 0 Å². The Bertz CT molecular complexity index is 1430. The zero-order valence-electron chi connectivity index (χ0n) is 16.9. The zero-order chi connectivity index (χ0) is 24.0. The summed E-state index contributed by atoms with van der Waals surface area (Å²) in [7, 11) is 1.33. The maximum absolute atomic E-state index is 13.5. The minimum Gasteiger partial charge on any atom is -0.463 e. The topological polar surface area (TPSA) is 116 Å². The van der Waals surface area contributed by atoms with Crippen LogP contribution in [0.4, 0.5) is 0 Å². The summed E-state index contributed by atoms with van der Waals surface area (Å²) >= 11 is 26.1. The van der Waals surface area contributed by atoms with Gasteiger partial charge in [0.15, 0.2) is 11.6 Å². The lowest BCUT2D eigenvalue weighted by molar-refractivity contribution is -0.128. The van der Waals surface area contributed by atoms with Crippen molar-refractivity contribution in [2.24, 2.45) is 7.05 Å². The average Bonchev–Trinajstić information content (AvgIpc) is 3.36. The van der Waals surface area contributed by atoms with Crippen LogP contribution in [0.3, 0.4) is 0 Å². The maximum Gasteiger partial charge on any atom is 0.347 e. The molecule has 5 rings (SSSR count). The monoisotopic (exact) mass is 533 g/mol. The Hall–Kier alpha value is -2.04. The number of Topliss-reactive ketones (excluding diaryl/α,β-unsaturated/α-hetero) is 2. The van der Waals surface area contributed by atoms with Crippen LogP contribution in [0.5, 0.6) is 0 Å². The number of hydrogen-bond donors (Lipinski definition) is 1. The molecule has 9 nitrogen and oxygen atoms in total. The van der Waals surface area contributed by atoms with E-state index in [0.29, 0.717) is 5.57 Å². The van der Waals surface area contributed by atoms with E-state index in [0.717, 1.165) is 4.57 Å². The van der Waals surface area contributed by atoms with Gasteiger partial charge >= 0.3 is 11.4 Å². The molecule has 2 aliphatic carbocycles. The number of allylic oxidation sites excluding steroid dienone is 4. The van der Waals surface area contributed by atoms with Crippen molar-refractivity contribution < 1.29 is 19.1 Å². The molecule has 0 spiro atoms. The number of aliphatic hydroxyl groups excluding tert-OH is 1. The highest BCUT2D eigenvalue weighted by Gasteiger charge is 2.72. The van der Waals surface area contributed by atoms with Crippen molar-refractivity contribution in [3.05, 3.63) is 66.3 Å². The molecule has 2 aromatic heterocycles. The second-order valence-corrected chi connectivity index (χ2v) is 10.2. The van der Waals surface area contributed by atoms with Crippen molar-refractivity contribution in [3.8, 4) is 0 Å². The molecule has 33 heavy (non-hydrogen) atoms. The van der Waals surface area contributed by atoms with E-state index in [9.17, 15) is 24.3 Å². The number of fused-ring (bicyclic) bond motifs is 4. The van der Waals surface area contributed by atoms with Crippen molar-refractivity contribution in [1.82, 2.24) is 13.9 Å². The fourth-order valence-electron chi connectivity index (χ4n) is 5.03. The van der Waals surface area contributed by atoms with Gasteiger partial charge in [-0.15, -0.1) is 23.2 Å². The molecule has 174 valence electrons. The first kappa shape index (κ1) is 22.7. The van der Waals surface area contributed by atoms with Crippen LogP contribution in [-0.2, 0) is 29.8 Å². The van der Waals surface area contributed by atoms with Gasteiger partial charge in [0.2, 0.25) is 0 Å². The molecule has 1 N–H and O–H groups in total. The van der Waals surface area contributed by atoms with Gasteiger partial charge in [-0.1, -0.05) is 29.3 Å². The average molecular weight is 535 g/mol. The van der Waals surface area contributed by atoms with Gasteiger partial charge in [0.25, 0.3) is 0 Å². The van der Waals surface area contributed by atoms with Crippen molar-refractivity contribution in [2.45, 2.75) is 41.3 Å². The molecule has 1 fully saturated rings. The first-order valence-corrected chi connectivity index (χ1v) is 11.3. The normalized spacial score (nSPS) is 31.3. The molecule has 4 atom stereocenters. The first-order chi connectivity index (χ1) is 15.5. The first-order valence-electron chi connectivity index (χ1n) is 9.79. The van der Waals surface area contributed by atoms with E-state index >= 15 is 0 Å². The van der Waals surface area contributed by atoms with Crippen LogP contribution in [0.15, 0.2) is 47.9 Å². The second kappa shape index (κ2) is 7.23. The molecular weight excluding hydrogens is 520 g/mol. The summed E-state index contributed by atoms with van der Waals surface area (Å²) in [5, 5.41) is 8.38. The zero-order valence-corrected chi connectivity index (χ0v) is 19.9. The number of aromatic nitrogens is 3. The fraction of sp³-hybridized carbons (Fsp3) is 0.400. The predicted octanol–water partition coefficient (Wildman–Crippen LogP) is 1.90. The van der Waals surface area contributed by atoms with Crippen molar-refractivity contribution in [1.29, 1.82) is 0 Å². The van der Waals surface area contributed by atoms with Crippen molar-refractivity contribution in [2.75, 3.05) is 0 Å². The molecule has 13 heteroatoms. The van der Waals surface area contributed by atoms with E-state index in [1.54, 1.807) is 6.08 Å². The van der Waals surface area contributed by atoms with E-state index in [4.69, 9.17) is 50.8 Å². The Kier molecular flexibility index (Phi) is 4.98. The SMILES string of the molecule is Cn1c(=O)n2n(c1=O)[C@@H]1C[C@@]3(Cl)C(=O)C(Cl)=C(Cl)C(=O)[C@@]3(Cl)[C@@H](c3ccc(CO)o3)C1=CC2. The molecule has 0 aromatic carbocycles. The highest BCUT2D eigenvalue weighted by molar-refractivity contribution is 6.66. The lowest BCUT2D eigenvalue weighted by Crippen LogP contribution is -2.67. The van der Waals surface area contributed by atoms with Gasteiger partial charge < -0.3 is 9.52 Å². The third-order valence-corrected chi connectivity index (χ3v) is 8.87. The van der Waals surface area contributed by atoms with Crippen LogP contribution < -0.4 is 11.4 Å². The molecule has 0 bridgehead atoms. The largest absolute Gasteiger partial charge is 0.463 e. The van der Waals surface area contributed by atoms with Crippen LogP contribution >= 0.6 is 46.4 Å². The number of alkyl halides is 2. The van der Waals surface area contributed by atoms with Gasteiger partial charge in [0, 0.05) is 13.5 Å². The molecule has 0 unspecified atom stereocenters. The Morgan fingerprint density at radius 1 is 1.09 bits per heavy atom. The number of furan rings is 1. The number of aliphatic hydroxyl groups is 1. The van der Waals surface area contributed by atoms with E-state index in [1.165, 1.54) is 28.5 Å². The molecule has 3 aliphatic rings. The standard InChI is InChI=1S/C20H15Cl4N3O6/c1-25-17(31)26-5-4-9-10(27(26)18(25)32)6-19(23)15(29)13(21)14(22)16(30)20(19,24)12(9)11-3-2-8(7-28)33-11/h2-4,10,12,28H,5-7H2,1H3/t10-,12-,19-,20+/m1/s1. The lowest BCUT2D eigenvalue weighted by Gasteiger charge is -2.53. The highest BCUT2D eigenvalue weighted by Crippen LogP contribution is 2.63. The summed E-state index contributed by atoms with van der Waals surface area (Å²) in [5.74, 6) is -2.56. The summed E-state index contributed by atoms with van der Waals surface area (Å²) in [6.45, 7) is -0.410. The van der Waals surface area contributed by atoms with Gasteiger partial charge in [-0.3, -0.25) is 9.59 Å². The fourth-order valence-corrected chi connectivity index (χ4v) is 6.53. The smallest absolute Gasteiger partial charge is 0.347 e. The summed E-state index contributed by atoms with van der Waals surface area (Å²) in [6.07, 6.45) is 1.35. The molecule has 2 aromatic rings. The Morgan fingerprint density at radius 2 is 1.76 bits per heavy atom. The Morgan fingerprint density at radius 3 is 2.39 bits per heavy atom. The molecule has 0 saturated heterocycles. The van der Waals surface area contributed by atoms with Crippen LogP contribution in [0, 0.1) is 0 Å². The van der Waals surface area contributed by atoms with Crippen LogP contribution in [0.25, 0.3) is 0 Å². The molecule has 0 radical (unpaired) electrons. The van der Waals surface area contributed by atoms with E-state index in [2.05, 4.69) is 0 Å². The number of carbonyl (C=O) groups is 2. The van der Waals surface area contributed by atoms with Gasteiger partial charge in [0.1, 0.15) is 37.9 Å². The molecule has 1 saturated carbocycles. The number of rotatable bonds is 2. The number of carbonyl (C=O) groups excluding carboxylic acids is 2. The van der Waals surface area contributed by atoms with Gasteiger partial charge in [0.05, 0.1) is 18.5 Å². The third kappa shape index (κ3) is 2.65. The lowest BCUT2D eigenvalue weighted by atomic mass is 9.60. The van der Waals surface area contributed by atoms with E-state index < -0.39 is 61.3 Å². The number of hydrogen-bond acceptors (Lipinski definition) is 6. The number of halogens is 4.